The fourth-order valence-corrected chi connectivity index (χ4v) is 1.56. The predicted octanol–water partition coefficient (Wildman–Crippen LogP) is 1.23. The smallest absolute Gasteiger partial charge is 0.0512 e. The molecule has 0 bridgehead atoms. The Morgan fingerprint density at radius 3 is 3.25 bits per heavy atom. The normalized spacial score (nSPS) is 23.2. The third-order valence-corrected chi connectivity index (χ3v) is 2.38. The second-order valence-electron chi connectivity index (χ2n) is 3.38. The van der Waals surface area contributed by atoms with Gasteiger partial charge in [-0.2, -0.15) is 5.10 Å². The van der Waals surface area contributed by atoms with Crippen LogP contribution in [0.3, 0.4) is 0 Å². The number of aryl methyl sites for hydroxylation is 1. The zero-order chi connectivity index (χ0) is 8.39. The van der Waals surface area contributed by atoms with Gasteiger partial charge in [0.1, 0.15) is 0 Å². The second-order valence-corrected chi connectivity index (χ2v) is 3.38. The molecular weight excluding hydrogens is 152 g/mol. The maximum Gasteiger partial charge on any atom is 0.0512 e. The minimum absolute atomic E-state index is 0.670. The maximum atomic E-state index is 5.30. The van der Waals surface area contributed by atoms with Gasteiger partial charge in [0.15, 0.2) is 0 Å². The van der Waals surface area contributed by atoms with E-state index in [1.54, 1.807) is 0 Å². The first-order valence-corrected chi connectivity index (χ1v) is 4.42. The molecule has 1 aromatic heterocycles. The van der Waals surface area contributed by atoms with Crippen molar-refractivity contribution in [1.82, 2.24) is 9.78 Å². The molecule has 66 valence electrons. The molecule has 1 atom stereocenters. The van der Waals surface area contributed by atoms with Gasteiger partial charge in [-0.3, -0.25) is 4.68 Å². The van der Waals surface area contributed by atoms with Crippen LogP contribution >= 0.6 is 0 Å². The van der Waals surface area contributed by atoms with Crippen molar-refractivity contribution < 1.29 is 4.74 Å². The average Bonchev–Trinajstić information content (AvgIpc) is 2.65. The van der Waals surface area contributed by atoms with Crippen LogP contribution in [0, 0.1) is 12.8 Å². The minimum Gasteiger partial charge on any atom is -0.381 e. The highest BCUT2D eigenvalue weighted by Crippen LogP contribution is 2.14. The van der Waals surface area contributed by atoms with Gasteiger partial charge in [0.2, 0.25) is 0 Å². The lowest BCUT2D eigenvalue weighted by Crippen LogP contribution is -2.12. The predicted molar refractivity (Wildman–Crippen MR) is 45.9 cm³/mol. The van der Waals surface area contributed by atoms with E-state index in [1.807, 2.05) is 12.3 Å². The van der Waals surface area contributed by atoms with Crippen molar-refractivity contribution in [3.8, 4) is 0 Å². The van der Waals surface area contributed by atoms with Gasteiger partial charge in [-0.15, -0.1) is 0 Å². The molecule has 0 amide bonds. The van der Waals surface area contributed by atoms with E-state index in [-0.39, 0.29) is 0 Å². The maximum absolute atomic E-state index is 5.30. The van der Waals surface area contributed by atoms with Crippen molar-refractivity contribution in [2.24, 2.45) is 5.92 Å². The van der Waals surface area contributed by atoms with Gasteiger partial charge in [0, 0.05) is 31.0 Å². The summed E-state index contributed by atoms with van der Waals surface area (Å²) in [5.41, 5.74) is 1.24. The quantitative estimate of drug-likeness (QED) is 0.660. The molecule has 2 heterocycles. The third-order valence-electron chi connectivity index (χ3n) is 2.38. The highest BCUT2D eigenvalue weighted by molar-refractivity contribution is 4.96. The number of rotatable bonds is 2. The Balaban J connectivity index is 1.98. The molecule has 0 saturated carbocycles. The zero-order valence-corrected chi connectivity index (χ0v) is 7.36. The molecule has 1 fully saturated rings. The van der Waals surface area contributed by atoms with E-state index >= 15 is 0 Å². The molecule has 3 heteroatoms. The molecule has 1 saturated heterocycles. The highest BCUT2D eigenvalue weighted by Gasteiger charge is 2.16. The summed E-state index contributed by atoms with van der Waals surface area (Å²) in [6, 6.07) is 2.04. The van der Waals surface area contributed by atoms with E-state index in [9.17, 15) is 0 Å². The molecule has 0 spiro atoms. The number of hydrogen-bond donors (Lipinski definition) is 0. The fraction of sp³-hybridized carbons (Fsp3) is 0.667. The standard InChI is InChI=1S/C9H14N2O/c1-8-2-4-10-11(8)6-9-3-5-12-7-9/h2,4,9H,3,5-7H2,1H3. The molecule has 2 rings (SSSR count). The van der Waals surface area contributed by atoms with Crippen molar-refractivity contribution in [2.75, 3.05) is 13.2 Å². The van der Waals surface area contributed by atoms with Gasteiger partial charge in [0.25, 0.3) is 0 Å². The van der Waals surface area contributed by atoms with E-state index in [1.165, 1.54) is 12.1 Å². The lowest BCUT2D eigenvalue weighted by atomic mass is 10.1. The summed E-state index contributed by atoms with van der Waals surface area (Å²) in [4.78, 5) is 0. The first-order valence-electron chi connectivity index (χ1n) is 4.42. The van der Waals surface area contributed by atoms with Crippen LogP contribution < -0.4 is 0 Å². The molecule has 1 aliphatic heterocycles. The monoisotopic (exact) mass is 166 g/mol. The summed E-state index contributed by atoms with van der Waals surface area (Å²) in [6.45, 7) is 4.92. The van der Waals surface area contributed by atoms with E-state index < -0.39 is 0 Å². The van der Waals surface area contributed by atoms with Gasteiger partial charge < -0.3 is 4.74 Å². The topological polar surface area (TPSA) is 27.1 Å². The Morgan fingerprint density at radius 2 is 2.67 bits per heavy atom. The molecule has 1 unspecified atom stereocenters. The Kier molecular flexibility index (Phi) is 2.13. The van der Waals surface area contributed by atoms with Crippen LogP contribution in [0.15, 0.2) is 12.3 Å². The Bertz CT molecular complexity index is 251. The average molecular weight is 166 g/mol. The zero-order valence-electron chi connectivity index (χ0n) is 7.36. The molecule has 12 heavy (non-hydrogen) atoms. The van der Waals surface area contributed by atoms with Gasteiger partial charge in [-0.25, -0.2) is 0 Å². The van der Waals surface area contributed by atoms with E-state index in [4.69, 9.17) is 4.74 Å². The third kappa shape index (κ3) is 1.50. The minimum atomic E-state index is 0.670. The second kappa shape index (κ2) is 3.27. The number of nitrogens with zero attached hydrogens (tertiary/aromatic N) is 2. The van der Waals surface area contributed by atoms with E-state index in [2.05, 4.69) is 16.7 Å². The first kappa shape index (κ1) is 7.80. The molecule has 1 aromatic rings. The fourth-order valence-electron chi connectivity index (χ4n) is 1.56. The van der Waals surface area contributed by atoms with Crippen molar-refractivity contribution in [3.63, 3.8) is 0 Å². The van der Waals surface area contributed by atoms with Crippen LogP contribution in [-0.4, -0.2) is 23.0 Å². The molecule has 1 aliphatic rings. The van der Waals surface area contributed by atoms with Crippen LogP contribution in [0.5, 0.6) is 0 Å². The van der Waals surface area contributed by atoms with Gasteiger partial charge in [-0.05, 0) is 19.4 Å². The van der Waals surface area contributed by atoms with Crippen molar-refractivity contribution in [2.45, 2.75) is 19.9 Å². The van der Waals surface area contributed by atoms with Gasteiger partial charge in [-0.1, -0.05) is 0 Å². The summed E-state index contributed by atoms with van der Waals surface area (Å²) >= 11 is 0. The van der Waals surface area contributed by atoms with Gasteiger partial charge >= 0.3 is 0 Å². The molecular formula is C9H14N2O. The summed E-state index contributed by atoms with van der Waals surface area (Å²) in [7, 11) is 0. The number of ether oxygens (including phenoxy) is 1. The van der Waals surface area contributed by atoms with Crippen LogP contribution in [-0.2, 0) is 11.3 Å². The van der Waals surface area contributed by atoms with E-state index in [0.29, 0.717) is 5.92 Å². The largest absolute Gasteiger partial charge is 0.381 e. The van der Waals surface area contributed by atoms with Crippen molar-refractivity contribution >= 4 is 0 Å². The Morgan fingerprint density at radius 1 is 1.75 bits per heavy atom. The van der Waals surface area contributed by atoms with Crippen LogP contribution in [0.2, 0.25) is 0 Å². The van der Waals surface area contributed by atoms with Gasteiger partial charge in [0.05, 0.1) is 6.61 Å². The lowest BCUT2D eigenvalue weighted by molar-refractivity contribution is 0.181. The molecule has 0 N–H and O–H groups in total. The summed E-state index contributed by atoms with van der Waals surface area (Å²) < 4.78 is 7.36. The van der Waals surface area contributed by atoms with Crippen LogP contribution in [0.4, 0.5) is 0 Å². The first-order chi connectivity index (χ1) is 5.86. The number of aromatic nitrogens is 2. The van der Waals surface area contributed by atoms with Crippen molar-refractivity contribution in [1.29, 1.82) is 0 Å². The molecule has 0 aliphatic carbocycles. The highest BCUT2D eigenvalue weighted by atomic mass is 16.5. The molecule has 3 nitrogen and oxygen atoms in total. The Hall–Kier alpha value is -0.830. The Labute approximate surface area is 72.3 Å². The molecule has 0 radical (unpaired) electrons. The molecule has 0 aromatic carbocycles. The number of hydrogen-bond acceptors (Lipinski definition) is 2. The lowest BCUT2D eigenvalue weighted by Gasteiger charge is -2.08. The summed E-state index contributed by atoms with van der Waals surface area (Å²) in [6.07, 6.45) is 3.03. The SMILES string of the molecule is Cc1ccnn1CC1CCOC1. The van der Waals surface area contributed by atoms with Crippen molar-refractivity contribution in [3.05, 3.63) is 18.0 Å². The van der Waals surface area contributed by atoms with Crippen LogP contribution in [0.25, 0.3) is 0 Å². The van der Waals surface area contributed by atoms with E-state index in [0.717, 1.165) is 19.8 Å². The summed E-state index contributed by atoms with van der Waals surface area (Å²) in [5, 5.41) is 4.24. The summed E-state index contributed by atoms with van der Waals surface area (Å²) in [5.74, 6) is 0.670. The van der Waals surface area contributed by atoms with Crippen LogP contribution in [0.1, 0.15) is 12.1 Å².